The standard InChI is InChI=1S/C31H52O4/c1-6-31(35,7-2)18-9-8-12-28(33)22(4)26-15-16-27-23(11-10-17-30(26,27)5)13-14-24-19-25(32)20-29(34)21(24)3/h13-14,22,25-29,32-35H,3,6-12,15-20H2,1-2,4-5H3/b23-13+,24-14-/t22-,25-,26-,27+,28-,29+,30-/m1/s1. The molecular weight excluding hydrogens is 436 g/mol. The van der Waals surface area contributed by atoms with Crippen molar-refractivity contribution in [3.63, 3.8) is 0 Å². The Hall–Kier alpha value is -0.940. The van der Waals surface area contributed by atoms with Gasteiger partial charge in [-0.25, -0.2) is 0 Å². The van der Waals surface area contributed by atoms with E-state index in [4.69, 9.17) is 0 Å². The summed E-state index contributed by atoms with van der Waals surface area (Å²) in [7, 11) is 0. The molecular formula is C31H52O4. The van der Waals surface area contributed by atoms with Crippen LogP contribution in [-0.4, -0.2) is 44.3 Å². The molecule has 7 atom stereocenters. The Kier molecular flexibility index (Phi) is 9.87. The van der Waals surface area contributed by atoms with Gasteiger partial charge in [-0.15, -0.1) is 0 Å². The first kappa shape index (κ1) is 28.6. The first-order chi connectivity index (χ1) is 16.5. The molecule has 0 aliphatic heterocycles. The molecule has 0 radical (unpaired) electrons. The van der Waals surface area contributed by atoms with Crippen LogP contribution in [0.15, 0.2) is 35.5 Å². The monoisotopic (exact) mass is 488 g/mol. The van der Waals surface area contributed by atoms with E-state index in [9.17, 15) is 20.4 Å². The minimum Gasteiger partial charge on any atom is -0.393 e. The molecule has 35 heavy (non-hydrogen) atoms. The van der Waals surface area contributed by atoms with Crippen molar-refractivity contribution in [1.29, 1.82) is 0 Å². The highest BCUT2D eigenvalue weighted by Crippen LogP contribution is 2.60. The van der Waals surface area contributed by atoms with E-state index in [1.165, 1.54) is 31.3 Å². The molecule has 3 aliphatic carbocycles. The summed E-state index contributed by atoms with van der Waals surface area (Å²) in [6.45, 7) is 12.9. The Labute approximate surface area is 214 Å². The summed E-state index contributed by atoms with van der Waals surface area (Å²) >= 11 is 0. The SMILES string of the molecule is C=C1/C(=C\C=C2/CCC[C@]3(C)[C@@H]([C@@H](C)[C@H](O)CCCCC(O)(CC)CC)CC[C@@H]23)C[C@@H](O)C[C@@H]1O. The lowest BCUT2D eigenvalue weighted by Gasteiger charge is -2.45. The molecule has 0 saturated heterocycles. The van der Waals surface area contributed by atoms with Gasteiger partial charge in [-0.2, -0.15) is 0 Å². The number of rotatable bonds is 10. The molecule has 3 rings (SSSR count). The van der Waals surface area contributed by atoms with E-state index in [0.717, 1.165) is 56.1 Å². The number of allylic oxidation sites excluding steroid dienone is 3. The Morgan fingerprint density at radius 1 is 1.14 bits per heavy atom. The van der Waals surface area contributed by atoms with Crippen molar-refractivity contribution in [2.45, 2.75) is 135 Å². The topological polar surface area (TPSA) is 80.9 Å². The van der Waals surface area contributed by atoms with Gasteiger partial charge in [0, 0.05) is 6.42 Å². The average molecular weight is 489 g/mol. The molecule has 0 bridgehead atoms. The van der Waals surface area contributed by atoms with Crippen molar-refractivity contribution in [3.8, 4) is 0 Å². The van der Waals surface area contributed by atoms with Crippen molar-refractivity contribution in [2.24, 2.45) is 23.2 Å². The first-order valence-electron chi connectivity index (χ1n) is 14.4. The number of fused-ring (bicyclic) bond motifs is 1. The average Bonchev–Trinajstić information content (AvgIpc) is 3.19. The third-order valence-electron chi connectivity index (χ3n) is 10.3. The van der Waals surface area contributed by atoms with Crippen LogP contribution in [0, 0.1) is 23.2 Å². The fraction of sp³-hybridized carbons (Fsp3) is 0.806. The number of aliphatic hydroxyl groups is 4. The molecule has 4 heteroatoms. The predicted molar refractivity (Wildman–Crippen MR) is 144 cm³/mol. The summed E-state index contributed by atoms with van der Waals surface area (Å²) in [5.41, 5.74) is 2.91. The van der Waals surface area contributed by atoms with Crippen molar-refractivity contribution in [2.75, 3.05) is 0 Å². The van der Waals surface area contributed by atoms with Gasteiger partial charge < -0.3 is 20.4 Å². The van der Waals surface area contributed by atoms with E-state index >= 15 is 0 Å². The van der Waals surface area contributed by atoms with E-state index in [1.807, 2.05) is 0 Å². The normalized spacial score (nSPS) is 35.9. The Balaban J connectivity index is 1.62. The minimum atomic E-state index is -0.643. The van der Waals surface area contributed by atoms with Gasteiger partial charge in [0.1, 0.15) is 0 Å². The summed E-state index contributed by atoms with van der Waals surface area (Å²) in [5, 5.41) is 41.9. The van der Waals surface area contributed by atoms with Gasteiger partial charge in [-0.3, -0.25) is 0 Å². The van der Waals surface area contributed by atoms with E-state index in [0.29, 0.717) is 24.7 Å². The lowest BCUT2D eigenvalue weighted by Crippen LogP contribution is -2.39. The van der Waals surface area contributed by atoms with Crippen LogP contribution in [0.1, 0.15) is 111 Å². The highest BCUT2D eigenvalue weighted by Gasteiger charge is 2.51. The van der Waals surface area contributed by atoms with Crippen LogP contribution < -0.4 is 0 Å². The van der Waals surface area contributed by atoms with Gasteiger partial charge in [0.15, 0.2) is 0 Å². The van der Waals surface area contributed by atoms with E-state index in [1.54, 1.807) is 0 Å². The quantitative estimate of drug-likeness (QED) is 0.275. The molecule has 0 unspecified atom stereocenters. The fourth-order valence-corrected chi connectivity index (χ4v) is 7.55. The molecule has 3 fully saturated rings. The van der Waals surface area contributed by atoms with Crippen LogP contribution in [0.2, 0.25) is 0 Å². The second kappa shape index (κ2) is 12.1. The Morgan fingerprint density at radius 3 is 2.54 bits per heavy atom. The minimum absolute atomic E-state index is 0.219. The zero-order valence-corrected chi connectivity index (χ0v) is 22.8. The molecule has 4 nitrogen and oxygen atoms in total. The van der Waals surface area contributed by atoms with Crippen molar-refractivity contribution in [1.82, 2.24) is 0 Å². The smallest absolute Gasteiger partial charge is 0.0811 e. The molecule has 200 valence electrons. The second-order valence-electron chi connectivity index (χ2n) is 12.3. The summed E-state index contributed by atoms with van der Waals surface area (Å²) in [6, 6.07) is 0. The third kappa shape index (κ3) is 6.50. The highest BCUT2D eigenvalue weighted by atomic mass is 16.3. The molecule has 0 aromatic rings. The molecule has 0 heterocycles. The Bertz CT molecular complexity index is 779. The molecule has 3 saturated carbocycles. The highest BCUT2D eigenvalue weighted by molar-refractivity contribution is 5.38. The molecule has 0 spiro atoms. The molecule has 0 amide bonds. The van der Waals surface area contributed by atoms with Gasteiger partial charge in [0.2, 0.25) is 0 Å². The molecule has 0 aromatic heterocycles. The van der Waals surface area contributed by atoms with Gasteiger partial charge in [-0.05, 0) is 98.5 Å². The molecule has 4 N–H and O–H groups in total. The van der Waals surface area contributed by atoms with Crippen LogP contribution in [0.4, 0.5) is 0 Å². The molecule has 0 aromatic carbocycles. The van der Waals surface area contributed by atoms with Crippen LogP contribution >= 0.6 is 0 Å². The number of unbranched alkanes of at least 4 members (excludes halogenated alkanes) is 1. The maximum absolute atomic E-state index is 11.1. The zero-order valence-electron chi connectivity index (χ0n) is 22.8. The van der Waals surface area contributed by atoms with Crippen LogP contribution in [0.3, 0.4) is 0 Å². The lowest BCUT2D eigenvalue weighted by atomic mass is 9.60. The summed E-state index contributed by atoms with van der Waals surface area (Å²) in [5.74, 6) is 1.35. The maximum atomic E-state index is 11.1. The van der Waals surface area contributed by atoms with Crippen molar-refractivity contribution in [3.05, 3.63) is 35.5 Å². The van der Waals surface area contributed by atoms with E-state index < -0.39 is 17.8 Å². The zero-order chi connectivity index (χ0) is 25.8. The summed E-state index contributed by atoms with van der Waals surface area (Å²) < 4.78 is 0. The van der Waals surface area contributed by atoms with E-state index in [2.05, 4.69) is 46.4 Å². The van der Waals surface area contributed by atoms with Gasteiger partial charge in [0.25, 0.3) is 0 Å². The predicted octanol–water partition coefficient (Wildman–Crippen LogP) is 6.24. The largest absolute Gasteiger partial charge is 0.393 e. The first-order valence-corrected chi connectivity index (χ1v) is 14.4. The third-order valence-corrected chi connectivity index (χ3v) is 10.3. The fourth-order valence-electron chi connectivity index (χ4n) is 7.55. The van der Waals surface area contributed by atoms with Gasteiger partial charge in [0.05, 0.1) is 23.9 Å². The number of hydrogen-bond acceptors (Lipinski definition) is 4. The number of hydrogen-bond donors (Lipinski definition) is 4. The van der Waals surface area contributed by atoms with Crippen molar-refractivity contribution >= 4 is 0 Å². The van der Waals surface area contributed by atoms with Crippen LogP contribution in [0.25, 0.3) is 0 Å². The second-order valence-corrected chi connectivity index (χ2v) is 12.3. The summed E-state index contributed by atoms with van der Waals surface area (Å²) in [6.07, 6.45) is 15.0. The van der Waals surface area contributed by atoms with Gasteiger partial charge in [-0.1, -0.05) is 64.8 Å². The summed E-state index contributed by atoms with van der Waals surface area (Å²) in [4.78, 5) is 0. The maximum Gasteiger partial charge on any atom is 0.0811 e. The number of aliphatic hydroxyl groups excluding tert-OH is 3. The van der Waals surface area contributed by atoms with Crippen LogP contribution in [-0.2, 0) is 0 Å². The van der Waals surface area contributed by atoms with Crippen molar-refractivity contribution < 1.29 is 20.4 Å². The van der Waals surface area contributed by atoms with Crippen LogP contribution in [0.5, 0.6) is 0 Å². The van der Waals surface area contributed by atoms with E-state index in [-0.39, 0.29) is 17.4 Å². The Morgan fingerprint density at radius 2 is 1.86 bits per heavy atom. The molecule has 3 aliphatic rings. The lowest BCUT2D eigenvalue weighted by molar-refractivity contribution is 0.00842. The van der Waals surface area contributed by atoms with Gasteiger partial charge >= 0.3 is 0 Å².